The second-order valence-electron chi connectivity index (χ2n) is 7.41. The van der Waals surface area contributed by atoms with Crippen molar-refractivity contribution in [3.05, 3.63) is 71.1 Å². The van der Waals surface area contributed by atoms with E-state index in [1.807, 2.05) is 66.4 Å². The molecule has 160 valence electrons. The summed E-state index contributed by atoms with van der Waals surface area (Å²) < 4.78 is 26.7. The van der Waals surface area contributed by atoms with Crippen LogP contribution in [0, 0.1) is 0 Å². The molecule has 30 heavy (non-hydrogen) atoms. The summed E-state index contributed by atoms with van der Waals surface area (Å²) in [5, 5.41) is 4.20. The summed E-state index contributed by atoms with van der Waals surface area (Å²) in [5.41, 5.74) is 2.84. The number of hydrogen-bond acceptors (Lipinski definition) is 4. The molecule has 1 saturated heterocycles. The molecule has 0 aliphatic carbocycles. The van der Waals surface area contributed by atoms with Crippen molar-refractivity contribution in [3.63, 3.8) is 0 Å². The Labute approximate surface area is 179 Å². The van der Waals surface area contributed by atoms with E-state index in [1.165, 1.54) is 15.3 Å². The number of carbonyl (C=O) groups excluding carboxylic acids is 1. The van der Waals surface area contributed by atoms with Crippen LogP contribution in [0.25, 0.3) is 6.08 Å². The van der Waals surface area contributed by atoms with Gasteiger partial charge in [0, 0.05) is 37.3 Å². The van der Waals surface area contributed by atoms with Gasteiger partial charge in [-0.2, -0.15) is 4.31 Å². The molecule has 1 N–H and O–H groups in total. The van der Waals surface area contributed by atoms with Gasteiger partial charge in [0.05, 0.1) is 6.04 Å². The van der Waals surface area contributed by atoms with E-state index in [2.05, 4.69) is 12.2 Å². The highest BCUT2D eigenvalue weighted by molar-refractivity contribution is 7.92. The van der Waals surface area contributed by atoms with Gasteiger partial charge in [0.25, 0.3) is 0 Å². The third-order valence-electron chi connectivity index (χ3n) is 5.42. The van der Waals surface area contributed by atoms with Crippen molar-refractivity contribution in [3.8, 4) is 0 Å². The fourth-order valence-electron chi connectivity index (χ4n) is 3.40. The number of anilines is 1. The number of piperazine rings is 1. The number of benzene rings is 2. The fraction of sp³-hybridized carbons (Fsp3) is 0.348. The Kier molecular flexibility index (Phi) is 7.42. The Morgan fingerprint density at radius 2 is 1.67 bits per heavy atom. The maximum Gasteiger partial charge on any atom is 0.241 e. The van der Waals surface area contributed by atoms with E-state index in [4.69, 9.17) is 0 Å². The average Bonchev–Trinajstić information content (AvgIpc) is 2.78. The zero-order chi connectivity index (χ0) is 21.6. The van der Waals surface area contributed by atoms with E-state index in [9.17, 15) is 13.2 Å². The Balaban J connectivity index is 1.53. The highest BCUT2D eigenvalue weighted by Crippen LogP contribution is 2.15. The van der Waals surface area contributed by atoms with Crippen LogP contribution in [0.3, 0.4) is 0 Å². The number of hydrogen-bond donors (Lipinski definition) is 1. The molecule has 1 aliphatic rings. The zero-order valence-electron chi connectivity index (χ0n) is 17.5. The van der Waals surface area contributed by atoms with Gasteiger partial charge in [-0.25, -0.2) is 8.42 Å². The number of amides is 1. The van der Waals surface area contributed by atoms with Gasteiger partial charge < -0.3 is 5.32 Å². The second kappa shape index (κ2) is 10.0. The molecule has 1 atom stereocenters. The summed E-state index contributed by atoms with van der Waals surface area (Å²) in [7, 11) is -3.48. The summed E-state index contributed by atoms with van der Waals surface area (Å²) in [5.74, 6) is -0.0838. The monoisotopic (exact) mass is 427 g/mol. The lowest BCUT2D eigenvalue weighted by Gasteiger charge is -2.36. The van der Waals surface area contributed by atoms with Crippen LogP contribution in [0.5, 0.6) is 0 Å². The number of nitrogens with zero attached hydrogens (tertiary/aromatic N) is 2. The zero-order valence-corrected chi connectivity index (χ0v) is 18.3. The molecule has 0 saturated carbocycles. The van der Waals surface area contributed by atoms with Gasteiger partial charge >= 0.3 is 0 Å². The van der Waals surface area contributed by atoms with Gasteiger partial charge in [-0.1, -0.05) is 49.4 Å². The Bertz CT molecular complexity index is 965. The number of sulfonamides is 1. The molecule has 1 fully saturated rings. The Morgan fingerprint density at radius 1 is 1.03 bits per heavy atom. The molecule has 0 aromatic heterocycles. The predicted molar refractivity (Wildman–Crippen MR) is 121 cm³/mol. The Hall–Kier alpha value is -2.48. The number of aryl methyl sites for hydroxylation is 1. The molecule has 0 radical (unpaired) electrons. The van der Waals surface area contributed by atoms with E-state index in [0.29, 0.717) is 26.2 Å². The summed E-state index contributed by atoms with van der Waals surface area (Å²) in [4.78, 5) is 14.6. The highest BCUT2D eigenvalue weighted by Gasteiger charge is 2.29. The van der Waals surface area contributed by atoms with Gasteiger partial charge in [0.1, 0.15) is 0 Å². The standard InChI is InChI=1S/C23H29N3O3S/c1-3-20-9-11-22(12-10-20)24-23(27)19(2)25-14-16-26(17-15-25)30(28,29)18-13-21-7-5-4-6-8-21/h4-13,18-19H,3,14-17H2,1-2H3,(H,24,27)/b18-13+. The first-order chi connectivity index (χ1) is 14.4. The van der Waals surface area contributed by atoms with Crippen molar-refractivity contribution in [1.29, 1.82) is 0 Å². The minimum Gasteiger partial charge on any atom is -0.325 e. The molecule has 1 unspecified atom stereocenters. The van der Waals surface area contributed by atoms with Crippen molar-refractivity contribution in [1.82, 2.24) is 9.21 Å². The molecule has 0 spiro atoms. The predicted octanol–water partition coefficient (Wildman–Crippen LogP) is 3.19. The third kappa shape index (κ3) is 5.78. The number of nitrogens with one attached hydrogen (secondary N) is 1. The molecule has 1 amide bonds. The molecular weight excluding hydrogens is 398 g/mol. The van der Waals surface area contributed by atoms with Crippen molar-refractivity contribution in [2.75, 3.05) is 31.5 Å². The lowest BCUT2D eigenvalue weighted by Crippen LogP contribution is -2.53. The normalized spacial score (nSPS) is 17.1. The summed E-state index contributed by atoms with van der Waals surface area (Å²) in [6.07, 6.45) is 2.57. The minimum absolute atomic E-state index is 0.0838. The van der Waals surface area contributed by atoms with Crippen LogP contribution < -0.4 is 5.32 Å². The van der Waals surface area contributed by atoms with Gasteiger partial charge in [-0.3, -0.25) is 9.69 Å². The summed E-state index contributed by atoms with van der Waals surface area (Å²) in [6, 6.07) is 16.9. The first-order valence-electron chi connectivity index (χ1n) is 10.3. The molecule has 1 heterocycles. The average molecular weight is 428 g/mol. The van der Waals surface area contributed by atoms with Crippen molar-refractivity contribution >= 4 is 27.7 Å². The molecule has 2 aromatic carbocycles. The number of rotatable bonds is 7. The van der Waals surface area contributed by atoms with Crippen LogP contribution in [-0.2, 0) is 21.2 Å². The van der Waals surface area contributed by atoms with E-state index in [1.54, 1.807) is 6.08 Å². The van der Waals surface area contributed by atoms with Crippen LogP contribution in [0.1, 0.15) is 25.0 Å². The molecule has 3 rings (SSSR count). The molecular formula is C23H29N3O3S. The molecule has 1 aliphatic heterocycles. The molecule has 2 aromatic rings. The first kappa shape index (κ1) is 22.2. The van der Waals surface area contributed by atoms with E-state index in [-0.39, 0.29) is 11.9 Å². The van der Waals surface area contributed by atoms with Crippen molar-refractivity contribution < 1.29 is 13.2 Å². The van der Waals surface area contributed by atoms with E-state index >= 15 is 0 Å². The van der Waals surface area contributed by atoms with Gasteiger partial charge in [-0.05, 0) is 42.7 Å². The molecule has 7 heteroatoms. The molecule has 0 bridgehead atoms. The second-order valence-corrected chi connectivity index (χ2v) is 9.23. The van der Waals surface area contributed by atoms with Gasteiger partial charge in [-0.15, -0.1) is 0 Å². The molecule has 6 nitrogen and oxygen atoms in total. The van der Waals surface area contributed by atoms with Gasteiger partial charge in [0.2, 0.25) is 15.9 Å². The van der Waals surface area contributed by atoms with E-state index < -0.39 is 10.0 Å². The highest BCUT2D eigenvalue weighted by atomic mass is 32.2. The fourth-order valence-corrected chi connectivity index (χ4v) is 4.57. The summed E-state index contributed by atoms with van der Waals surface area (Å²) >= 11 is 0. The van der Waals surface area contributed by atoms with Crippen LogP contribution >= 0.6 is 0 Å². The van der Waals surface area contributed by atoms with Crippen molar-refractivity contribution in [2.45, 2.75) is 26.3 Å². The van der Waals surface area contributed by atoms with E-state index in [0.717, 1.165) is 17.7 Å². The third-order valence-corrected chi connectivity index (χ3v) is 6.99. The maximum absolute atomic E-state index is 12.6. The minimum atomic E-state index is -3.48. The summed E-state index contributed by atoms with van der Waals surface area (Å²) in [6.45, 7) is 5.71. The maximum atomic E-state index is 12.6. The van der Waals surface area contributed by atoms with Crippen LogP contribution in [0.4, 0.5) is 5.69 Å². The smallest absolute Gasteiger partial charge is 0.241 e. The lowest BCUT2D eigenvalue weighted by atomic mass is 10.1. The largest absolute Gasteiger partial charge is 0.325 e. The Morgan fingerprint density at radius 3 is 2.27 bits per heavy atom. The van der Waals surface area contributed by atoms with Gasteiger partial charge in [0.15, 0.2) is 0 Å². The SMILES string of the molecule is CCc1ccc(NC(=O)C(C)N2CCN(S(=O)(=O)/C=C/c3ccccc3)CC2)cc1. The van der Waals surface area contributed by atoms with Crippen LogP contribution in [0.15, 0.2) is 60.0 Å². The van der Waals surface area contributed by atoms with Crippen molar-refractivity contribution in [2.24, 2.45) is 0 Å². The van der Waals surface area contributed by atoms with Crippen LogP contribution in [-0.4, -0.2) is 55.8 Å². The first-order valence-corrected chi connectivity index (χ1v) is 11.8. The quantitative estimate of drug-likeness (QED) is 0.737. The van der Waals surface area contributed by atoms with Crippen LogP contribution in [0.2, 0.25) is 0 Å². The topological polar surface area (TPSA) is 69.7 Å². The lowest BCUT2D eigenvalue weighted by molar-refractivity contribution is -0.121. The number of carbonyl (C=O) groups is 1.